The van der Waals surface area contributed by atoms with Crippen LogP contribution in [0.1, 0.15) is 50.8 Å². The predicted molar refractivity (Wildman–Crippen MR) is 113 cm³/mol. The van der Waals surface area contributed by atoms with Gasteiger partial charge in [0.15, 0.2) is 0 Å². The molecule has 9 nitrogen and oxygen atoms in total. The average molecular weight is 432 g/mol. The molecule has 1 aromatic rings. The fourth-order valence-electron chi connectivity index (χ4n) is 5.10. The molecule has 3 rings (SSSR count). The molecule has 0 fully saturated rings. The highest BCUT2D eigenvalue weighted by Gasteiger charge is 2.48. The van der Waals surface area contributed by atoms with Crippen molar-refractivity contribution in [3.8, 4) is 0 Å². The molecule has 1 aliphatic carbocycles. The Balaban J connectivity index is 2.35. The van der Waals surface area contributed by atoms with Crippen molar-refractivity contribution in [2.75, 3.05) is 32.5 Å². The third kappa shape index (κ3) is 3.56. The van der Waals surface area contributed by atoms with Gasteiger partial charge in [-0.05, 0) is 35.8 Å². The predicted octanol–water partition coefficient (Wildman–Crippen LogP) is 3.26. The van der Waals surface area contributed by atoms with E-state index in [1.807, 2.05) is 33.8 Å². The third-order valence-electron chi connectivity index (χ3n) is 6.12. The van der Waals surface area contributed by atoms with Gasteiger partial charge in [0.2, 0.25) is 0 Å². The number of esters is 2. The second-order valence-corrected chi connectivity index (χ2v) is 9.21. The van der Waals surface area contributed by atoms with E-state index in [9.17, 15) is 19.7 Å². The number of benzene rings is 1. The van der Waals surface area contributed by atoms with Gasteiger partial charge in [0.1, 0.15) is 12.4 Å². The van der Waals surface area contributed by atoms with Crippen molar-refractivity contribution in [2.45, 2.75) is 51.9 Å². The Morgan fingerprint density at radius 2 is 1.74 bits per heavy atom. The summed E-state index contributed by atoms with van der Waals surface area (Å²) in [5.74, 6) is -1.47. The van der Waals surface area contributed by atoms with Gasteiger partial charge < -0.3 is 19.1 Å². The maximum Gasteiger partial charge on any atom is 0.355 e. The number of fused-ring (bicyclic) bond motifs is 1. The fourth-order valence-corrected chi connectivity index (χ4v) is 5.10. The van der Waals surface area contributed by atoms with E-state index < -0.39 is 11.9 Å². The maximum absolute atomic E-state index is 12.7. The van der Waals surface area contributed by atoms with Crippen LogP contribution in [0.4, 0.5) is 11.4 Å². The lowest BCUT2D eigenvalue weighted by Crippen LogP contribution is -2.39. The Labute approximate surface area is 181 Å². The van der Waals surface area contributed by atoms with Crippen molar-refractivity contribution in [2.24, 2.45) is 0 Å². The average Bonchev–Trinajstić information content (AvgIpc) is 2.88. The minimum atomic E-state index is -0.745. The van der Waals surface area contributed by atoms with Crippen molar-refractivity contribution >= 4 is 23.3 Å². The highest BCUT2D eigenvalue weighted by atomic mass is 16.6. The minimum absolute atomic E-state index is 0.00254. The second-order valence-electron chi connectivity index (χ2n) is 9.21. The van der Waals surface area contributed by atoms with Gasteiger partial charge in [0.25, 0.3) is 5.69 Å². The molecule has 0 radical (unpaired) electrons. The Kier molecular flexibility index (Phi) is 5.60. The lowest BCUT2D eigenvalue weighted by Gasteiger charge is -2.33. The van der Waals surface area contributed by atoms with Crippen LogP contribution < -0.4 is 4.90 Å². The van der Waals surface area contributed by atoms with Gasteiger partial charge in [0, 0.05) is 5.56 Å². The van der Waals surface area contributed by atoms with Crippen LogP contribution in [-0.2, 0) is 34.6 Å². The molecule has 0 spiro atoms. The third-order valence-corrected chi connectivity index (χ3v) is 6.12. The first-order valence-electron chi connectivity index (χ1n) is 9.95. The largest absolute Gasteiger partial charge is 0.466 e. The molecule has 1 heterocycles. The van der Waals surface area contributed by atoms with E-state index in [2.05, 4.69) is 0 Å². The van der Waals surface area contributed by atoms with Crippen LogP contribution in [0, 0.1) is 17.0 Å². The molecule has 2 aliphatic rings. The molecule has 0 atom stereocenters. The monoisotopic (exact) mass is 432 g/mol. The number of methoxy groups -OCH3 is 2. The Morgan fingerprint density at radius 1 is 1.13 bits per heavy atom. The Morgan fingerprint density at radius 3 is 2.29 bits per heavy atom. The van der Waals surface area contributed by atoms with Crippen LogP contribution in [0.5, 0.6) is 0 Å². The first kappa shape index (κ1) is 22.7. The van der Waals surface area contributed by atoms with Crippen molar-refractivity contribution in [1.82, 2.24) is 0 Å². The standard InChI is InChI=1S/C22H28N2O7/c1-12-15(23-11-31-9-13(19(25)29-6)18(23)20(26)30-7)8-14-16(17(12)24(27)28)22(4,5)10-21(14,2)3/h8H,9-11H2,1-7H3. The molecule has 31 heavy (non-hydrogen) atoms. The summed E-state index contributed by atoms with van der Waals surface area (Å²) in [6, 6.07) is 1.87. The summed E-state index contributed by atoms with van der Waals surface area (Å²) in [6.45, 7) is 9.57. The van der Waals surface area contributed by atoms with Crippen molar-refractivity contribution in [3.63, 3.8) is 0 Å². The summed E-state index contributed by atoms with van der Waals surface area (Å²) < 4.78 is 15.3. The van der Waals surface area contributed by atoms with Crippen LogP contribution in [0.3, 0.4) is 0 Å². The van der Waals surface area contributed by atoms with E-state index in [1.54, 1.807) is 6.92 Å². The number of hydrogen-bond donors (Lipinski definition) is 0. The summed E-state index contributed by atoms with van der Waals surface area (Å²) >= 11 is 0. The quantitative estimate of drug-likeness (QED) is 0.405. The summed E-state index contributed by atoms with van der Waals surface area (Å²) in [6.07, 6.45) is 0.739. The van der Waals surface area contributed by atoms with Crippen LogP contribution in [0.2, 0.25) is 0 Å². The topological polar surface area (TPSA) is 108 Å². The molecule has 1 aromatic carbocycles. The number of carbonyl (C=O) groups excluding carboxylic acids is 2. The van der Waals surface area contributed by atoms with E-state index in [4.69, 9.17) is 14.2 Å². The van der Waals surface area contributed by atoms with Gasteiger partial charge in [0.05, 0.1) is 42.6 Å². The smallest absolute Gasteiger partial charge is 0.355 e. The minimum Gasteiger partial charge on any atom is -0.466 e. The molecule has 0 unspecified atom stereocenters. The molecule has 0 bridgehead atoms. The zero-order valence-corrected chi connectivity index (χ0v) is 19.0. The molecule has 168 valence electrons. The molecule has 0 N–H and O–H groups in total. The van der Waals surface area contributed by atoms with Crippen molar-refractivity contribution in [3.05, 3.63) is 44.1 Å². The lowest BCUT2D eigenvalue weighted by molar-refractivity contribution is -0.386. The summed E-state index contributed by atoms with van der Waals surface area (Å²) in [5, 5.41) is 12.2. The first-order chi connectivity index (χ1) is 14.4. The molecule has 1 aliphatic heterocycles. The number of nitrogens with zero attached hydrogens (tertiary/aromatic N) is 2. The Hall–Kier alpha value is -2.94. The van der Waals surface area contributed by atoms with Gasteiger partial charge >= 0.3 is 11.9 Å². The van der Waals surface area contributed by atoms with E-state index in [0.717, 1.165) is 12.0 Å². The van der Waals surface area contributed by atoms with Gasteiger partial charge in [-0.2, -0.15) is 0 Å². The maximum atomic E-state index is 12.7. The van der Waals surface area contributed by atoms with Crippen LogP contribution in [-0.4, -0.2) is 44.4 Å². The number of nitro benzene ring substituents is 1. The van der Waals surface area contributed by atoms with E-state index in [0.29, 0.717) is 16.8 Å². The van der Waals surface area contributed by atoms with Crippen LogP contribution in [0.25, 0.3) is 0 Å². The SMILES string of the molecule is COC(=O)C1=C(C(=O)OC)N(c2cc3c(c([N+](=O)[O-])c2C)C(C)(C)CC3(C)C)COC1. The number of nitro groups is 1. The number of ether oxygens (including phenoxy) is 3. The number of rotatable bonds is 4. The highest BCUT2D eigenvalue weighted by Crippen LogP contribution is 2.55. The Bertz CT molecular complexity index is 1010. The van der Waals surface area contributed by atoms with E-state index in [-0.39, 0.29) is 46.0 Å². The van der Waals surface area contributed by atoms with E-state index in [1.165, 1.54) is 19.1 Å². The molecular formula is C22H28N2O7. The number of anilines is 1. The van der Waals surface area contributed by atoms with E-state index >= 15 is 0 Å². The molecule has 9 heteroatoms. The van der Waals surface area contributed by atoms with Gasteiger partial charge in [-0.25, -0.2) is 9.59 Å². The lowest BCUT2D eigenvalue weighted by atomic mass is 9.81. The highest BCUT2D eigenvalue weighted by molar-refractivity contribution is 6.03. The van der Waals surface area contributed by atoms with Gasteiger partial charge in [-0.15, -0.1) is 0 Å². The molecule has 0 saturated carbocycles. The van der Waals surface area contributed by atoms with Crippen molar-refractivity contribution in [1.29, 1.82) is 0 Å². The molecule has 0 saturated heterocycles. The summed E-state index contributed by atoms with van der Waals surface area (Å²) in [5.41, 5.74) is 1.67. The van der Waals surface area contributed by atoms with Gasteiger partial charge in [-0.3, -0.25) is 10.1 Å². The number of hydrogen-bond acceptors (Lipinski definition) is 8. The summed E-state index contributed by atoms with van der Waals surface area (Å²) in [4.78, 5) is 38.2. The normalized spacial score (nSPS) is 19.1. The summed E-state index contributed by atoms with van der Waals surface area (Å²) in [7, 11) is 2.42. The zero-order chi connectivity index (χ0) is 23.3. The fraction of sp³-hybridized carbons (Fsp3) is 0.545. The van der Waals surface area contributed by atoms with Crippen molar-refractivity contribution < 1.29 is 28.7 Å². The molecule has 0 aromatic heterocycles. The second kappa shape index (κ2) is 7.64. The zero-order valence-electron chi connectivity index (χ0n) is 19.0. The first-order valence-corrected chi connectivity index (χ1v) is 9.95. The van der Waals surface area contributed by atoms with Crippen LogP contribution >= 0.6 is 0 Å². The number of carbonyl (C=O) groups is 2. The van der Waals surface area contributed by atoms with Crippen LogP contribution in [0.15, 0.2) is 17.3 Å². The molecule has 0 amide bonds. The van der Waals surface area contributed by atoms with Gasteiger partial charge in [-0.1, -0.05) is 27.7 Å². The molecular weight excluding hydrogens is 404 g/mol.